The van der Waals surface area contributed by atoms with E-state index in [1.54, 1.807) is 6.92 Å². The van der Waals surface area contributed by atoms with Gasteiger partial charge >= 0.3 is 0 Å². The first-order valence-corrected chi connectivity index (χ1v) is 5.24. The number of anilines is 1. The first-order valence-electron chi connectivity index (χ1n) is 5.24. The van der Waals surface area contributed by atoms with Crippen molar-refractivity contribution >= 4 is 5.82 Å². The fourth-order valence-electron chi connectivity index (χ4n) is 1.66. The summed E-state index contributed by atoms with van der Waals surface area (Å²) in [4.78, 5) is 20.5. The van der Waals surface area contributed by atoms with Crippen molar-refractivity contribution in [3.8, 4) is 0 Å². The smallest absolute Gasteiger partial charge is 0.255 e. The molecule has 1 aromatic rings. The average molecular weight is 224 g/mol. The van der Waals surface area contributed by atoms with Gasteiger partial charge in [0.2, 0.25) is 0 Å². The normalized spacial score (nSPS) is 22.2. The van der Waals surface area contributed by atoms with Gasteiger partial charge in [0.1, 0.15) is 17.7 Å². The molecule has 1 aliphatic heterocycles. The lowest BCUT2D eigenvalue weighted by atomic mass is 10.2. The number of nitrogen functional groups attached to an aromatic ring is 1. The van der Waals surface area contributed by atoms with E-state index in [9.17, 15) is 4.79 Å². The molecule has 1 fully saturated rings. The van der Waals surface area contributed by atoms with E-state index < -0.39 is 0 Å². The van der Waals surface area contributed by atoms with Crippen LogP contribution in [0.2, 0.25) is 0 Å². The molecule has 0 spiro atoms. The number of hydrogen-bond acceptors (Lipinski definition) is 5. The van der Waals surface area contributed by atoms with Crippen LogP contribution in [0.5, 0.6) is 0 Å². The monoisotopic (exact) mass is 224 g/mol. The number of aromatic amines is 1. The summed E-state index contributed by atoms with van der Waals surface area (Å²) in [5.41, 5.74) is 5.92. The highest BCUT2D eigenvalue weighted by atomic mass is 16.5. The Morgan fingerprint density at radius 1 is 1.62 bits per heavy atom. The zero-order valence-electron chi connectivity index (χ0n) is 9.49. The topological polar surface area (TPSA) is 84.2 Å². The van der Waals surface area contributed by atoms with Gasteiger partial charge in [0.15, 0.2) is 0 Å². The van der Waals surface area contributed by atoms with Crippen LogP contribution in [-0.2, 0) is 4.74 Å². The van der Waals surface area contributed by atoms with Gasteiger partial charge in [0, 0.05) is 13.1 Å². The third kappa shape index (κ3) is 2.07. The minimum absolute atomic E-state index is 0.195. The number of likely N-dealkylation sites (N-methyl/N-ethyl adjacent to an activating group) is 1. The zero-order chi connectivity index (χ0) is 11.7. The van der Waals surface area contributed by atoms with E-state index >= 15 is 0 Å². The molecule has 6 heteroatoms. The van der Waals surface area contributed by atoms with E-state index in [4.69, 9.17) is 10.5 Å². The summed E-state index contributed by atoms with van der Waals surface area (Å²) >= 11 is 0. The van der Waals surface area contributed by atoms with Crippen LogP contribution in [0, 0.1) is 6.92 Å². The first-order chi connectivity index (χ1) is 7.58. The van der Waals surface area contributed by atoms with E-state index in [1.165, 1.54) is 0 Å². The maximum atomic E-state index is 11.5. The molecule has 0 amide bonds. The van der Waals surface area contributed by atoms with Crippen molar-refractivity contribution in [2.75, 3.05) is 32.5 Å². The lowest BCUT2D eigenvalue weighted by Gasteiger charge is -2.29. The van der Waals surface area contributed by atoms with Crippen molar-refractivity contribution in [1.82, 2.24) is 14.9 Å². The second-order valence-corrected chi connectivity index (χ2v) is 4.08. The van der Waals surface area contributed by atoms with Crippen molar-refractivity contribution in [2.24, 2.45) is 0 Å². The van der Waals surface area contributed by atoms with Gasteiger partial charge < -0.3 is 20.4 Å². The molecule has 3 N–H and O–H groups in total. The summed E-state index contributed by atoms with van der Waals surface area (Å²) in [7, 11) is 2.01. The lowest BCUT2D eigenvalue weighted by Crippen LogP contribution is -2.37. The van der Waals surface area contributed by atoms with E-state index in [1.807, 2.05) is 7.05 Å². The maximum absolute atomic E-state index is 11.5. The van der Waals surface area contributed by atoms with E-state index in [2.05, 4.69) is 14.9 Å². The van der Waals surface area contributed by atoms with Gasteiger partial charge in [0.05, 0.1) is 12.2 Å². The number of morpholine rings is 1. The Balaban J connectivity index is 2.30. The maximum Gasteiger partial charge on any atom is 0.255 e. The molecular formula is C10H16N4O2. The Morgan fingerprint density at radius 3 is 3.00 bits per heavy atom. The summed E-state index contributed by atoms with van der Waals surface area (Å²) in [5.74, 6) is 0.787. The van der Waals surface area contributed by atoms with Crippen LogP contribution in [-0.4, -0.2) is 41.6 Å². The van der Waals surface area contributed by atoms with Crippen LogP contribution < -0.4 is 11.3 Å². The zero-order valence-corrected chi connectivity index (χ0v) is 9.49. The van der Waals surface area contributed by atoms with Crippen molar-refractivity contribution in [2.45, 2.75) is 13.0 Å². The Kier molecular flexibility index (Phi) is 2.93. The number of hydrogen-bond donors (Lipinski definition) is 2. The summed E-state index contributed by atoms with van der Waals surface area (Å²) in [6, 6.07) is 0. The van der Waals surface area contributed by atoms with Gasteiger partial charge in [-0.2, -0.15) is 0 Å². The predicted octanol–water partition coefficient (Wildman–Crippen LogP) is -0.336. The summed E-state index contributed by atoms with van der Waals surface area (Å²) < 4.78 is 5.55. The average Bonchev–Trinajstić information content (AvgIpc) is 2.25. The molecule has 1 saturated heterocycles. The van der Waals surface area contributed by atoms with Gasteiger partial charge in [0.25, 0.3) is 5.56 Å². The number of rotatable bonds is 1. The molecule has 1 aromatic heterocycles. The summed E-state index contributed by atoms with van der Waals surface area (Å²) in [6.07, 6.45) is -0.200. The third-order valence-electron chi connectivity index (χ3n) is 2.78. The van der Waals surface area contributed by atoms with Crippen molar-refractivity contribution in [3.63, 3.8) is 0 Å². The fourth-order valence-corrected chi connectivity index (χ4v) is 1.66. The largest absolute Gasteiger partial charge is 0.383 e. The lowest BCUT2D eigenvalue weighted by molar-refractivity contribution is -0.0255. The molecule has 1 atom stereocenters. The Morgan fingerprint density at radius 2 is 2.38 bits per heavy atom. The van der Waals surface area contributed by atoms with Crippen LogP contribution in [0.25, 0.3) is 0 Å². The molecule has 2 rings (SSSR count). The van der Waals surface area contributed by atoms with Gasteiger partial charge in [-0.05, 0) is 14.0 Å². The Hall–Kier alpha value is -1.40. The second kappa shape index (κ2) is 4.23. The molecule has 0 bridgehead atoms. The van der Waals surface area contributed by atoms with Crippen LogP contribution in [0.1, 0.15) is 17.5 Å². The molecule has 1 unspecified atom stereocenters. The molecule has 2 heterocycles. The fraction of sp³-hybridized carbons (Fsp3) is 0.600. The highest BCUT2D eigenvalue weighted by Gasteiger charge is 2.22. The first kappa shape index (κ1) is 11.1. The van der Waals surface area contributed by atoms with Crippen molar-refractivity contribution in [1.29, 1.82) is 0 Å². The minimum atomic E-state index is -0.200. The van der Waals surface area contributed by atoms with Gasteiger partial charge in [-0.3, -0.25) is 4.79 Å². The van der Waals surface area contributed by atoms with Crippen LogP contribution in [0.15, 0.2) is 4.79 Å². The van der Waals surface area contributed by atoms with E-state index in [-0.39, 0.29) is 17.5 Å². The number of H-pyrrole nitrogens is 1. The van der Waals surface area contributed by atoms with E-state index in [0.29, 0.717) is 24.5 Å². The van der Waals surface area contributed by atoms with Crippen LogP contribution in [0.4, 0.5) is 5.82 Å². The van der Waals surface area contributed by atoms with Crippen LogP contribution >= 0.6 is 0 Å². The highest BCUT2D eigenvalue weighted by Crippen LogP contribution is 2.18. The molecule has 0 aromatic carbocycles. The quantitative estimate of drug-likeness (QED) is 0.682. The second-order valence-electron chi connectivity index (χ2n) is 4.08. The summed E-state index contributed by atoms with van der Waals surface area (Å²) in [6.45, 7) is 3.89. The third-order valence-corrected chi connectivity index (χ3v) is 2.78. The molecule has 6 nitrogen and oxygen atoms in total. The molecule has 1 aliphatic rings. The SMILES string of the molecule is Cc1c(N)nc(C2CN(C)CCO2)[nH]c1=O. The highest BCUT2D eigenvalue weighted by molar-refractivity contribution is 5.36. The van der Waals surface area contributed by atoms with Crippen LogP contribution in [0.3, 0.4) is 0 Å². The summed E-state index contributed by atoms with van der Waals surface area (Å²) in [5, 5.41) is 0. The number of aromatic nitrogens is 2. The Bertz CT molecular complexity index is 443. The van der Waals surface area contributed by atoms with Crippen molar-refractivity contribution < 1.29 is 4.74 Å². The number of ether oxygens (including phenoxy) is 1. The molecular weight excluding hydrogens is 208 g/mol. The number of nitrogens with one attached hydrogen (secondary N) is 1. The van der Waals surface area contributed by atoms with Crippen molar-refractivity contribution in [3.05, 3.63) is 21.7 Å². The molecule has 0 saturated carbocycles. The van der Waals surface area contributed by atoms with Gasteiger partial charge in [-0.1, -0.05) is 0 Å². The molecule has 0 aliphatic carbocycles. The predicted molar refractivity (Wildman–Crippen MR) is 60.2 cm³/mol. The Labute approximate surface area is 93.4 Å². The molecule has 16 heavy (non-hydrogen) atoms. The molecule has 0 radical (unpaired) electrons. The minimum Gasteiger partial charge on any atom is -0.383 e. The van der Waals surface area contributed by atoms with E-state index in [0.717, 1.165) is 6.54 Å². The number of nitrogens with zero attached hydrogens (tertiary/aromatic N) is 2. The number of nitrogens with two attached hydrogens (primary N) is 1. The standard InChI is InChI=1S/C10H16N4O2/c1-6-8(11)12-9(13-10(6)15)7-5-14(2)3-4-16-7/h7H,3-5H2,1-2H3,(H3,11,12,13,15). The van der Waals surface area contributed by atoms with Gasteiger partial charge in [-0.25, -0.2) is 4.98 Å². The molecule has 88 valence electrons. The van der Waals surface area contributed by atoms with Gasteiger partial charge in [-0.15, -0.1) is 0 Å².